The fourth-order valence-electron chi connectivity index (χ4n) is 7.31. The first-order valence-corrected chi connectivity index (χ1v) is 15.0. The van der Waals surface area contributed by atoms with Crippen LogP contribution in [-0.2, 0) is 19.2 Å². The zero-order valence-corrected chi connectivity index (χ0v) is 24.9. The third-order valence-corrected chi connectivity index (χ3v) is 9.30. The molecule has 8 nitrogen and oxygen atoms in total. The van der Waals surface area contributed by atoms with Crippen molar-refractivity contribution in [1.82, 2.24) is 0 Å². The van der Waals surface area contributed by atoms with E-state index >= 15 is 0 Å². The number of fused-ring (bicyclic) bond motifs is 3. The number of para-hydroxylation sites is 1. The third-order valence-electron chi connectivity index (χ3n) is 9.30. The molecule has 0 spiro atoms. The summed E-state index contributed by atoms with van der Waals surface area (Å²) >= 11 is 0. The Morgan fingerprint density at radius 2 is 1.60 bits per heavy atom. The molecule has 4 unspecified atom stereocenters. The number of carbonyl (C=O) groups excluding carboxylic acids is 4. The molecule has 0 bridgehead atoms. The zero-order valence-electron chi connectivity index (χ0n) is 24.9. The number of Topliss-reactive ketones (excluding diaryl/α,β-unsaturated/α-hetero) is 1. The molecule has 4 aliphatic rings. The van der Waals surface area contributed by atoms with E-state index < -0.39 is 64.9 Å². The van der Waals surface area contributed by atoms with Gasteiger partial charge in [0.15, 0.2) is 11.6 Å². The van der Waals surface area contributed by atoms with E-state index in [1.165, 1.54) is 13.0 Å². The first kappa shape index (κ1) is 30.2. The van der Waals surface area contributed by atoms with Gasteiger partial charge in [-0.3, -0.25) is 24.1 Å². The van der Waals surface area contributed by atoms with Gasteiger partial charge in [0.25, 0.3) is 0 Å². The van der Waals surface area contributed by atoms with Gasteiger partial charge < -0.3 is 15.2 Å². The van der Waals surface area contributed by atoms with Crippen LogP contribution in [0.5, 0.6) is 11.5 Å². The van der Waals surface area contributed by atoms with Gasteiger partial charge in [-0.1, -0.05) is 29.8 Å². The first-order valence-electron chi connectivity index (χ1n) is 15.0. The normalized spacial score (nSPS) is 24.0. The Kier molecular flexibility index (Phi) is 7.14. The maximum atomic E-state index is 14.1. The molecule has 47 heavy (non-hydrogen) atoms. The fraction of sp³-hybridized carbons (Fsp3) is 0.222. The van der Waals surface area contributed by atoms with Crippen molar-refractivity contribution in [3.63, 3.8) is 0 Å². The number of nitrogens with zero attached hydrogens (tertiary/aromatic N) is 1. The molecular formula is C36H27F3N2O6. The predicted octanol–water partition coefficient (Wildman–Crippen LogP) is 6.67. The number of halogens is 3. The van der Waals surface area contributed by atoms with Gasteiger partial charge in [-0.25, -0.2) is 0 Å². The van der Waals surface area contributed by atoms with E-state index in [9.17, 15) is 37.5 Å². The van der Waals surface area contributed by atoms with Crippen molar-refractivity contribution in [3.8, 4) is 11.5 Å². The van der Waals surface area contributed by atoms with Crippen LogP contribution in [0.4, 0.5) is 30.2 Å². The molecule has 4 atom stereocenters. The number of hydrogen-bond acceptors (Lipinski definition) is 7. The van der Waals surface area contributed by atoms with E-state index in [0.29, 0.717) is 11.3 Å². The van der Waals surface area contributed by atoms with Crippen LogP contribution in [0, 0.1) is 17.8 Å². The topological polar surface area (TPSA) is 113 Å². The number of aromatic hydroxyl groups is 1. The van der Waals surface area contributed by atoms with E-state index in [0.717, 1.165) is 34.5 Å². The van der Waals surface area contributed by atoms with Crippen molar-refractivity contribution in [2.75, 3.05) is 10.2 Å². The number of phenols is 1. The molecular weight excluding hydrogens is 613 g/mol. The van der Waals surface area contributed by atoms with Gasteiger partial charge >= 0.3 is 6.36 Å². The largest absolute Gasteiger partial charge is 0.573 e. The van der Waals surface area contributed by atoms with Gasteiger partial charge in [0.1, 0.15) is 11.5 Å². The molecule has 7 rings (SSSR count). The number of amides is 2. The van der Waals surface area contributed by atoms with E-state index in [-0.39, 0.29) is 35.1 Å². The highest BCUT2D eigenvalue weighted by Crippen LogP contribution is 2.56. The molecule has 1 aliphatic heterocycles. The van der Waals surface area contributed by atoms with Gasteiger partial charge in [-0.05, 0) is 86.4 Å². The van der Waals surface area contributed by atoms with Crippen molar-refractivity contribution in [2.24, 2.45) is 17.8 Å². The second kappa shape index (κ2) is 11.1. The number of allylic oxidation sites excluding steroid dienone is 6. The molecule has 0 aromatic heterocycles. The maximum absolute atomic E-state index is 14.1. The molecule has 3 aliphatic carbocycles. The first-order chi connectivity index (χ1) is 22.4. The highest BCUT2D eigenvalue weighted by Gasteiger charge is 2.57. The second-order valence-corrected chi connectivity index (χ2v) is 12.0. The van der Waals surface area contributed by atoms with Crippen molar-refractivity contribution in [2.45, 2.75) is 32.0 Å². The van der Waals surface area contributed by atoms with E-state index in [1.54, 1.807) is 30.3 Å². The third kappa shape index (κ3) is 5.21. The summed E-state index contributed by atoms with van der Waals surface area (Å²) < 4.78 is 43.6. The minimum absolute atomic E-state index is 0.0144. The molecule has 2 amide bonds. The summed E-state index contributed by atoms with van der Waals surface area (Å²) in [5.74, 6) is -6.35. The predicted molar refractivity (Wildman–Crippen MR) is 165 cm³/mol. The van der Waals surface area contributed by atoms with Crippen molar-refractivity contribution < 1.29 is 42.2 Å². The Hall–Kier alpha value is -5.45. The van der Waals surface area contributed by atoms with Gasteiger partial charge in [0.05, 0.1) is 17.5 Å². The summed E-state index contributed by atoms with van der Waals surface area (Å²) in [7, 11) is 0. The van der Waals surface area contributed by atoms with Crippen LogP contribution in [0.15, 0.2) is 107 Å². The number of nitrogens with one attached hydrogen (secondary N) is 1. The lowest BCUT2D eigenvalue weighted by Crippen LogP contribution is -2.39. The lowest BCUT2D eigenvalue weighted by molar-refractivity contribution is -0.274. The van der Waals surface area contributed by atoms with Crippen LogP contribution < -0.4 is 15.0 Å². The lowest BCUT2D eigenvalue weighted by atomic mass is 9.59. The molecule has 3 aromatic carbocycles. The maximum Gasteiger partial charge on any atom is 0.573 e. The molecule has 0 saturated carbocycles. The van der Waals surface area contributed by atoms with Gasteiger partial charge in [0, 0.05) is 39.6 Å². The van der Waals surface area contributed by atoms with Gasteiger partial charge in [-0.15, -0.1) is 13.2 Å². The van der Waals surface area contributed by atoms with Crippen LogP contribution in [0.25, 0.3) is 0 Å². The van der Waals surface area contributed by atoms with Crippen molar-refractivity contribution in [1.29, 1.82) is 0 Å². The SMILES string of the molecule is CC1=CC(=O)C2=C(C1=O)C(c1cc(OC(F)(F)F)ccc1O)C1=CCC3C(=O)N(c4ccc(Nc5ccccc5)cc4)C(=O)C3C1C2. The molecule has 2 N–H and O–H groups in total. The quantitative estimate of drug-likeness (QED) is 0.182. The van der Waals surface area contributed by atoms with Crippen LogP contribution in [0.2, 0.25) is 0 Å². The number of ether oxygens (including phenoxy) is 1. The lowest BCUT2D eigenvalue weighted by Gasteiger charge is -2.42. The number of alkyl halides is 3. The number of anilines is 3. The summed E-state index contributed by atoms with van der Waals surface area (Å²) in [6.07, 6.45) is -1.98. The van der Waals surface area contributed by atoms with Crippen molar-refractivity contribution >= 4 is 40.4 Å². The Labute approximate surface area is 266 Å². The van der Waals surface area contributed by atoms with E-state index in [1.807, 2.05) is 30.3 Å². The highest BCUT2D eigenvalue weighted by atomic mass is 19.4. The zero-order chi connectivity index (χ0) is 33.2. The van der Waals surface area contributed by atoms with Crippen molar-refractivity contribution in [3.05, 3.63) is 113 Å². The van der Waals surface area contributed by atoms with E-state index in [2.05, 4.69) is 10.1 Å². The number of hydrogen-bond donors (Lipinski definition) is 2. The minimum atomic E-state index is -5.02. The molecule has 0 radical (unpaired) electrons. The smallest absolute Gasteiger partial charge is 0.508 e. The summed E-state index contributed by atoms with van der Waals surface area (Å²) in [6, 6.07) is 19.3. The Morgan fingerprint density at radius 3 is 2.30 bits per heavy atom. The summed E-state index contributed by atoms with van der Waals surface area (Å²) in [5, 5.41) is 14.2. The summed E-state index contributed by atoms with van der Waals surface area (Å²) in [6.45, 7) is 1.47. The number of rotatable bonds is 5. The molecule has 1 heterocycles. The average Bonchev–Trinajstić information content (AvgIpc) is 3.29. The Morgan fingerprint density at radius 1 is 0.894 bits per heavy atom. The summed E-state index contributed by atoms with van der Waals surface area (Å²) in [4.78, 5) is 56.0. The van der Waals surface area contributed by atoms with Crippen LogP contribution in [0.1, 0.15) is 31.2 Å². The Balaban J connectivity index is 1.27. The highest BCUT2D eigenvalue weighted by molar-refractivity contribution is 6.25. The average molecular weight is 641 g/mol. The van der Waals surface area contributed by atoms with Crippen LogP contribution in [-0.4, -0.2) is 34.8 Å². The number of ketones is 2. The monoisotopic (exact) mass is 640 g/mol. The number of carbonyl (C=O) groups is 4. The molecule has 1 fully saturated rings. The van der Waals surface area contributed by atoms with Crippen LogP contribution >= 0.6 is 0 Å². The molecule has 3 aromatic rings. The van der Waals surface area contributed by atoms with Crippen LogP contribution in [0.3, 0.4) is 0 Å². The summed E-state index contributed by atoms with van der Waals surface area (Å²) in [5.41, 5.74) is 2.72. The molecule has 11 heteroatoms. The molecule has 238 valence electrons. The Bertz CT molecular complexity index is 1940. The fourth-order valence-corrected chi connectivity index (χ4v) is 7.31. The number of phenolic OH excluding ortho intramolecular Hbond substituents is 1. The second-order valence-electron chi connectivity index (χ2n) is 12.0. The minimum Gasteiger partial charge on any atom is -0.508 e. The molecule has 1 saturated heterocycles. The number of imide groups is 1. The number of benzene rings is 3. The van der Waals surface area contributed by atoms with Gasteiger partial charge in [0.2, 0.25) is 11.8 Å². The standard InChI is InChI=1S/C36H27F3N2O6/c1-18-15-29(43)27-17-25-23(30(32(27)33(18)44)26-16-22(11-14-28(26)42)47-36(37,38)39)12-13-24-31(25)35(46)41(34(24)45)21-9-7-20(8-10-21)40-19-5-3-2-4-6-19/h2-12,14-16,24-25,30-31,40,42H,13,17H2,1H3. The van der Waals surface area contributed by atoms with E-state index in [4.69, 9.17) is 0 Å². The van der Waals surface area contributed by atoms with Gasteiger partial charge in [-0.2, -0.15) is 0 Å².